The van der Waals surface area contributed by atoms with Gasteiger partial charge < -0.3 is 30.6 Å². The quantitative estimate of drug-likeness (QED) is 0.313. The molecular formula is C33H34N4O6. The Hall–Kier alpha value is -4.54. The number of piperazine rings is 1. The fourth-order valence-electron chi connectivity index (χ4n) is 6.58. The van der Waals surface area contributed by atoms with E-state index in [4.69, 9.17) is 0 Å². The minimum Gasteiger partial charge on any atom is -0.389 e. The van der Waals surface area contributed by atoms with Crippen LogP contribution in [0.4, 0.5) is 5.69 Å². The molecule has 0 bridgehead atoms. The van der Waals surface area contributed by atoms with Crippen molar-refractivity contribution in [2.45, 2.75) is 30.5 Å². The monoisotopic (exact) mass is 582 g/mol. The number of aliphatic hydroxyl groups is 2. The van der Waals surface area contributed by atoms with Gasteiger partial charge in [0.2, 0.25) is 11.8 Å². The van der Waals surface area contributed by atoms with Crippen molar-refractivity contribution >= 4 is 29.2 Å². The van der Waals surface area contributed by atoms with Crippen molar-refractivity contribution in [3.63, 3.8) is 0 Å². The van der Waals surface area contributed by atoms with Crippen LogP contribution in [-0.4, -0.2) is 83.5 Å². The molecule has 10 heteroatoms. The first kappa shape index (κ1) is 28.6. The molecule has 3 atom stereocenters. The molecule has 2 aliphatic heterocycles. The Morgan fingerprint density at radius 1 is 0.930 bits per heavy atom. The molecule has 43 heavy (non-hydrogen) atoms. The first-order chi connectivity index (χ1) is 20.8. The van der Waals surface area contributed by atoms with Crippen molar-refractivity contribution in [1.29, 1.82) is 0 Å². The fraction of sp³-hybridized carbons (Fsp3) is 0.333. The van der Waals surface area contributed by atoms with Crippen LogP contribution in [0, 0.1) is 5.92 Å². The van der Waals surface area contributed by atoms with Gasteiger partial charge in [0.25, 0.3) is 5.91 Å². The zero-order chi connectivity index (χ0) is 30.1. The van der Waals surface area contributed by atoms with Crippen LogP contribution in [0.15, 0.2) is 78.9 Å². The molecule has 3 aliphatic rings. The van der Waals surface area contributed by atoms with E-state index < -0.39 is 47.8 Å². The number of nitrogens with zero attached hydrogens (tertiary/aromatic N) is 2. The zero-order valence-corrected chi connectivity index (χ0v) is 23.6. The van der Waals surface area contributed by atoms with Gasteiger partial charge in [0.15, 0.2) is 11.4 Å². The predicted octanol–water partition coefficient (Wildman–Crippen LogP) is 1.19. The highest BCUT2D eigenvalue weighted by molar-refractivity contribution is 6.01. The van der Waals surface area contributed by atoms with Crippen molar-refractivity contribution in [3.05, 3.63) is 90.0 Å². The van der Waals surface area contributed by atoms with Gasteiger partial charge in [-0.05, 0) is 36.1 Å². The summed E-state index contributed by atoms with van der Waals surface area (Å²) in [5.41, 5.74) is 1.26. The molecule has 0 spiro atoms. The minimum absolute atomic E-state index is 0.0464. The average molecular weight is 583 g/mol. The molecule has 3 amide bonds. The predicted molar refractivity (Wildman–Crippen MR) is 159 cm³/mol. The number of hydrogen-bond donors (Lipinski definition) is 4. The van der Waals surface area contributed by atoms with Crippen molar-refractivity contribution in [2.75, 3.05) is 37.7 Å². The number of amides is 3. The van der Waals surface area contributed by atoms with Crippen LogP contribution < -0.4 is 15.5 Å². The van der Waals surface area contributed by atoms with Crippen molar-refractivity contribution < 1.29 is 29.4 Å². The molecule has 3 aromatic rings. The van der Waals surface area contributed by atoms with Gasteiger partial charge in [0.05, 0.1) is 6.04 Å². The molecule has 222 valence electrons. The van der Waals surface area contributed by atoms with E-state index in [1.807, 2.05) is 59.5 Å². The second-order valence-corrected chi connectivity index (χ2v) is 11.3. The van der Waals surface area contributed by atoms with Crippen LogP contribution in [0.25, 0.3) is 11.1 Å². The average Bonchev–Trinajstić information content (AvgIpc) is 3.58. The molecular weight excluding hydrogens is 548 g/mol. The molecule has 0 aromatic heterocycles. The van der Waals surface area contributed by atoms with E-state index in [9.17, 15) is 29.4 Å². The lowest BCUT2D eigenvalue weighted by Gasteiger charge is -2.44. The van der Waals surface area contributed by atoms with Gasteiger partial charge in [0, 0.05) is 48.9 Å². The van der Waals surface area contributed by atoms with E-state index in [0.717, 1.165) is 16.8 Å². The highest BCUT2D eigenvalue weighted by atomic mass is 16.3. The Morgan fingerprint density at radius 2 is 1.56 bits per heavy atom. The van der Waals surface area contributed by atoms with Gasteiger partial charge in [-0.15, -0.1) is 0 Å². The number of rotatable bonds is 8. The van der Waals surface area contributed by atoms with Crippen molar-refractivity contribution in [2.24, 2.45) is 5.92 Å². The van der Waals surface area contributed by atoms with Gasteiger partial charge in [-0.1, -0.05) is 66.7 Å². The lowest BCUT2D eigenvalue weighted by molar-refractivity contribution is -0.154. The van der Waals surface area contributed by atoms with Crippen LogP contribution >= 0.6 is 0 Å². The molecule has 2 saturated heterocycles. The summed E-state index contributed by atoms with van der Waals surface area (Å²) in [7, 11) is 0. The second kappa shape index (κ2) is 11.6. The number of anilines is 1. The number of carbonyl (C=O) groups excluding carboxylic acids is 4. The van der Waals surface area contributed by atoms with Crippen LogP contribution in [-0.2, 0) is 24.8 Å². The summed E-state index contributed by atoms with van der Waals surface area (Å²) in [5, 5.41) is 27.4. The second-order valence-electron chi connectivity index (χ2n) is 11.3. The topological polar surface area (TPSA) is 139 Å². The Labute approximate surface area is 249 Å². The van der Waals surface area contributed by atoms with E-state index >= 15 is 0 Å². The molecule has 2 heterocycles. The van der Waals surface area contributed by atoms with Crippen LogP contribution in [0.3, 0.4) is 0 Å². The number of para-hydroxylation sites is 1. The van der Waals surface area contributed by atoms with Gasteiger partial charge >= 0.3 is 0 Å². The number of fused-ring (bicyclic) bond motifs is 3. The molecule has 3 aromatic carbocycles. The van der Waals surface area contributed by atoms with Gasteiger partial charge in [-0.2, -0.15) is 0 Å². The van der Waals surface area contributed by atoms with Crippen LogP contribution in [0.1, 0.15) is 24.0 Å². The van der Waals surface area contributed by atoms with E-state index in [2.05, 4.69) is 10.6 Å². The highest BCUT2D eigenvalue weighted by Crippen LogP contribution is 2.48. The maximum atomic E-state index is 14.5. The molecule has 0 saturated carbocycles. The lowest BCUT2D eigenvalue weighted by Crippen LogP contribution is -2.65. The lowest BCUT2D eigenvalue weighted by atomic mass is 9.88. The first-order valence-electron chi connectivity index (χ1n) is 14.6. The van der Waals surface area contributed by atoms with E-state index in [-0.39, 0.29) is 25.4 Å². The summed E-state index contributed by atoms with van der Waals surface area (Å²) >= 11 is 0. The Bertz CT molecular complexity index is 1510. The van der Waals surface area contributed by atoms with E-state index in [1.54, 1.807) is 24.3 Å². The highest BCUT2D eigenvalue weighted by Gasteiger charge is 2.52. The number of ketones is 1. The maximum absolute atomic E-state index is 14.5. The van der Waals surface area contributed by atoms with Gasteiger partial charge in [0.1, 0.15) is 12.6 Å². The fourth-order valence-corrected chi connectivity index (χ4v) is 6.58. The summed E-state index contributed by atoms with van der Waals surface area (Å²) in [5.74, 6) is -2.51. The largest absolute Gasteiger partial charge is 0.389 e. The summed E-state index contributed by atoms with van der Waals surface area (Å²) in [6.45, 7) is 0.360. The number of benzene rings is 3. The third-order valence-corrected chi connectivity index (χ3v) is 8.84. The van der Waals surface area contributed by atoms with Gasteiger partial charge in [-0.3, -0.25) is 19.2 Å². The maximum Gasteiger partial charge on any atom is 0.264 e. The number of carbonyl (C=O) groups is 4. The zero-order valence-electron chi connectivity index (χ0n) is 23.6. The molecule has 2 fully saturated rings. The third-order valence-electron chi connectivity index (χ3n) is 8.84. The Morgan fingerprint density at radius 3 is 2.16 bits per heavy atom. The number of Topliss-reactive ketones (excluding diaryl/α,β-unsaturated/α-hetero) is 1. The number of hydrogen-bond acceptors (Lipinski definition) is 7. The third kappa shape index (κ3) is 5.06. The first-order valence-corrected chi connectivity index (χ1v) is 14.6. The summed E-state index contributed by atoms with van der Waals surface area (Å²) < 4.78 is 0. The van der Waals surface area contributed by atoms with Crippen LogP contribution in [0.5, 0.6) is 0 Å². The van der Waals surface area contributed by atoms with Crippen LogP contribution in [0.2, 0.25) is 0 Å². The molecule has 4 N–H and O–H groups in total. The number of nitrogens with one attached hydrogen (secondary N) is 2. The normalized spacial score (nSPS) is 21.0. The van der Waals surface area contributed by atoms with Crippen molar-refractivity contribution in [3.8, 4) is 11.1 Å². The number of aliphatic hydroxyl groups excluding tert-OH is 1. The molecule has 0 radical (unpaired) electrons. The Balaban J connectivity index is 1.34. The molecule has 0 unspecified atom stereocenters. The summed E-state index contributed by atoms with van der Waals surface area (Å²) in [6, 6.07) is 21.7. The van der Waals surface area contributed by atoms with E-state index in [0.29, 0.717) is 30.6 Å². The smallest absolute Gasteiger partial charge is 0.264 e. The summed E-state index contributed by atoms with van der Waals surface area (Å²) in [4.78, 5) is 56.9. The van der Waals surface area contributed by atoms with Crippen molar-refractivity contribution in [1.82, 2.24) is 15.5 Å². The Kier molecular flexibility index (Phi) is 7.72. The SMILES string of the molecule is O=C1NCC[C@@H]1C[C@@H](NC(=O)[C@@H]1CN(c2ccccc2)CCN1C(=O)C1(O)c2ccccc2-c2ccccc21)C(=O)CO. The molecule has 10 nitrogen and oxygen atoms in total. The molecule has 6 rings (SSSR count). The van der Waals surface area contributed by atoms with E-state index in [1.165, 1.54) is 4.90 Å². The van der Waals surface area contributed by atoms with Gasteiger partial charge in [-0.25, -0.2) is 0 Å². The standard InChI is InChI=1S/C33H34N4O6/c38-20-29(39)27(18-21-14-15-34-30(21)40)35-31(41)28-19-36(22-8-2-1-3-9-22)16-17-37(28)32(42)33(43)25-12-6-4-10-23(25)24-11-5-7-13-26(24)33/h1-13,21,27-28,38,43H,14-20H2,(H,34,40)(H,35,41)/t21-,27-,28+/m1/s1. The summed E-state index contributed by atoms with van der Waals surface area (Å²) in [6.07, 6.45) is 0.566. The molecule has 1 aliphatic carbocycles. The minimum atomic E-state index is -2.01.